The smallest absolute Gasteiger partial charge is 0.158 e. The maximum absolute atomic E-state index is 8.68. The summed E-state index contributed by atoms with van der Waals surface area (Å²) in [6.45, 7) is 7.41. The van der Waals surface area contributed by atoms with Crippen LogP contribution in [-0.2, 0) is 12.0 Å². The molecule has 0 saturated carbocycles. The second-order valence-corrected chi connectivity index (χ2v) is 5.69. The van der Waals surface area contributed by atoms with E-state index in [0.29, 0.717) is 18.1 Å². The van der Waals surface area contributed by atoms with Gasteiger partial charge < -0.3 is 5.32 Å². The van der Waals surface area contributed by atoms with Crippen LogP contribution in [0.3, 0.4) is 0 Å². The lowest BCUT2D eigenvalue weighted by Gasteiger charge is -2.23. The maximum atomic E-state index is 8.68. The molecule has 21 heavy (non-hydrogen) atoms. The molecule has 0 aliphatic heterocycles. The minimum absolute atomic E-state index is 0.213. The summed E-state index contributed by atoms with van der Waals surface area (Å²) in [5.74, 6) is 0.673. The fraction of sp³-hybridized carbons (Fsp3) is 0.353. The molecule has 0 radical (unpaired) electrons. The Labute approximate surface area is 125 Å². The Bertz CT molecular complexity index is 621. The molecule has 0 aliphatic carbocycles. The molecular formula is C17H20N4. The molecule has 1 heterocycles. The van der Waals surface area contributed by atoms with Crippen LogP contribution in [-0.4, -0.2) is 9.97 Å². The van der Waals surface area contributed by atoms with E-state index in [-0.39, 0.29) is 5.41 Å². The van der Waals surface area contributed by atoms with Gasteiger partial charge in [0, 0.05) is 6.54 Å². The summed E-state index contributed by atoms with van der Waals surface area (Å²) in [5, 5.41) is 11.9. The number of aromatic nitrogens is 2. The first-order chi connectivity index (χ1) is 10.0. The summed E-state index contributed by atoms with van der Waals surface area (Å²) in [6, 6.07) is 10.6. The molecular weight excluding hydrogens is 260 g/mol. The van der Waals surface area contributed by atoms with Crippen molar-refractivity contribution < 1.29 is 0 Å². The molecule has 2 aromatic rings. The topological polar surface area (TPSA) is 61.6 Å². The van der Waals surface area contributed by atoms with Gasteiger partial charge in [-0.2, -0.15) is 5.26 Å². The Balaban J connectivity index is 1.99. The zero-order valence-electron chi connectivity index (χ0n) is 12.7. The molecule has 0 amide bonds. The normalized spacial score (nSPS) is 11.0. The van der Waals surface area contributed by atoms with Gasteiger partial charge in [0.2, 0.25) is 0 Å². The van der Waals surface area contributed by atoms with Gasteiger partial charge in [-0.25, -0.2) is 9.97 Å². The molecule has 4 heteroatoms. The van der Waals surface area contributed by atoms with E-state index < -0.39 is 0 Å². The minimum Gasteiger partial charge on any atom is -0.365 e. The third-order valence-electron chi connectivity index (χ3n) is 3.86. The third-order valence-corrected chi connectivity index (χ3v) is 3.86. The summed E-state index contributed by atoms with van der Waals surface area (Å²) in [5.41, 5.74) is 3.08. The second kappa shape index (κ2) is 6.36. The van der Waals surface area contributed by atoms with Gasteiger partial charge in [-0.15, -0.1) is 0 Å². The van der Waals surface area contributed by atoms with Crippen LogP contribution >= 0.6 is 0 Å². The second-order valence-electron chi connectivity index (χ2n) is 5.69. The van der Waals surface area contributed by atoms with Gasteiger partial charge in [0.05, 0.1) is 12.4 Å². The fourth-order valence-electron chi connectivity index (χ4n) is 1.95. The van der Waals surface area contributed by atoms with E-state index in [0.717, 1.165) is 6.42 Å². The lowest BCUT2D eigenvalue weighted by molar-refractivity contribution is 0.506. The van der Waals surface area contributed by atoms with Gasteiger partial charge >= 0.3 is 0 Å². The van der Waals surface area contributed by atoms with Crippen molar-refractivity contribution in [1.29, 1.82) is 5.26 Å². The minimum atomic E-state index is 0.213. The zero-order chi connectivity index (χ0) is 15.3. The first-order valence-corrected chi connectivity index (χ1v) is 7.10. The van der Waals surface area contributed by atoms with Crippen molar-refractivity contribution >= 4 is 5.82 Å². The van der Waals surface area contributed by atoms with E-state index in [2.05, 4.69) is 60.3 Å². The van der Waals surface area contributed by atoms with Crippen LogP contribution in [0.2, 0.25) is 0 Å². The van der Waals surface area contributed by atoms with Crippen LogP contribution < -0.4 is 5.32 Å². The highest BCUT2D eigenvalue weighted by Crippen LogP contribution is 2.26. The summed E-state index contributed by atoms with van der Waals surface area (Å²) < 4.78 is 0. The Hall–Kier alpha value is -2.41. The van der Waals surface area contributed by atoms with E-state index in [9.17, 15) is 0 Å². The molecule has 0 bridgehead atoms. The number of nitrogens with one attached hydrogen (secondary N) is 1. The highest BCUT2D eigenvalue weighted by Gasteiger charge is 2.17. The average molecular weight is 280 g/mol. The Morgan fingerprint density at radius 1 is 1.14 bits per heavy atom. The quantitative estimate of drug-likeness (QED) is 0.908. The standard InChI is InChI=1S/C17H20N4/c1-4-17(2,3)14-7-5-13(6-8-14)10-20-16-12-19-15(9-18)11-21-16/h5-8,11-12H,4,10H2,1-3H3,(H,20,21). The van der Waals surface area contributed by atoms with Crippen molar-refractivity contribution in [2.24, 2.45) is 0 Å². The van der Waals surface area contributed by atoms with Crippen LogP contribution in [0.5, 0.6) is 0 Å². The molecule has 0 saturated heterocycles. The van der Waals surface area contributed by atoms with E-state index >= 15 is 0 Å². The largest absolute Gasteiger partial charge is 0.365 e. The number of hydrogen-bond donors (Lipinski definition) is 1. The van der Waals surface area contributed by atoms with E-state index in [4.69, 9.17) is 5.26 Å². The maximum Gasteiger partial charge on any atom is 0.158 e. The number of benzene rings is 1. The highest BCUT2D eigenvalue weighted by molar-refractivity contribution is 5.35. The molecule has 0 atom stereocenters. The molecule has 4 nitrogen and oxygen atoms in total. The van der Waals surface area contributed by atoms with Crippen molar-refractivity contribution in [3.05, 3.63) is 53.5 Å². The zero-order valence-corrected chi connectivity index (χ0v) is 12.7. The monoisotopic (exact) mass is 280 g/mol. The van der Waals surface area contributed by atoms with Crippen molar-refractivity contribution in [2.45, 2.75) is 39.2 Å². The number of hydrogen-bond acceptors (Lipinski definition) is 4. The molecule has 0 fully saturated rings. The molecule has 0 spiro atoms. The Morgan fingerprint density at radius 3 is 2.38 bits per heavy atom. The Morgan fingerprint density at radius 2 is 1.86 bits per heavy atom. The van der Waals surface area contributed by atoms with E-state index in [1.54, 1.807) is 6.20 Å². The summed E-state index contributed by atoms with van der Waals surface area (Å²) in [7, 11) is 0. The first kappa shape index (κ1) is 15.0. The van der Waals surface area contributed by atoms with Crippen molar-refractivity contribution in [2.75, 3.05) is 5.32 Å². The predicted octanol–water partition coefficient (Wildman–Crippen LogP) is 3.65. The molecule has 1 N–H and O–H groups in total. The molecule has 0 aliphatic rings. The van der Waals surface area contributed by atoms with Gasteiger partial charge in [-0.1, -0.05) is 45.0 Å². The summed E-state index contributed by atoms with van der Waals surface area (Å²) >= 11 is 0. The molecule has 0 unspecified atom stereocenters. The predicted molar refractivity (Wildman–Crippen MR) is 83.8 cm³/mol. The van der Waals surface area contributed by atoms with Gasteiger partial charge in [0.1, 0.15) is 11.9 Å². The SMILES string of the molecule is CCC(C)(C)c1ccc(CNc2cnc(C#N)cn2)cc1. The molecule has 108 valence electrons. The van der Waals surface area contributed by atoms with Gasteiger partial charge in [-0.05, 0) is 23.0 Å². The van der Waals surface area contributed by atoms with Crippen LogP contribution in [0.15, 0.2) is 36.7 Å². The van der Waals surface area contributed by atoms with Crippen molar-refractivity contribution in [1.82, 2.24) is 9.97 Å². The molecule has 1 aromatic heterocycles. The van der Waals surface area contributed by atoms with Gasteiger partial charge in [-0.3, -0.25) is 0 Å². The highest BCUT2D eigenvalue weighted by atomic mass is 15.0. The summed E-state index contributed by atoms with van der Waals surface area (Å²) in [6.07, 6.45) is 4.16. The van der Waals surface area contributed by atoms with Gasteiger partial charge in [0.25, 0.3) is 0 Å². The van der Waals surface area contributed by atoms with Crippen LogP contribution in [0.4, 0.5) is 5.82 Å². The van der Waals surface area contributed by atoms with Crippen molar-refractivity contribution in [3.63, 3.8) is 0 Å². The van der Waals surface area contributed by atoms with Crippen molar-refractivity contribution in [3.8, 4) is 6.07 Å². The number of nitrogens with zero attached hydrogens (tertiary/aromatic N) is 3. The summed E-state index contributed by atoms with van der Waals surface area (Å²) in [4.78, 5) is 8.12. The Kier molecular flexibility index (Phi) is 4.54. The average Bonchev–Trinajstić information content (AvgIpc) is 2.54. The van der Waals surface area contributed by atoms with Crippen LogP contribution in [0.25, 0.3) is 0 Å². The van der Waals surface area contributed by atoms with E-state index in [1.165, 1.54) is 17.3 Å². The number of rotatable bonds is 5. The molecule has 1 aromatic carbocycles. The lowest BCUT2D eigenvalue weighted by atomic mass is 9.82. The number of nitriles is 1. The number of anilines is 1. The van der Waals surface area contributed by atoms with Crippen LogP contribution in [0.1, 0.15) is 44.0 Å². The molecule has 2 rings (SSSR count). The van der Waals surface area contributed by atoms with Gasteiger partial charge in [0.15, 0.2) is 5.69 Å². The fourth-order valence-corrected chi connectivity index (χ4v) is 1.95. The third kappa shape index (κ3) is 3.79. The lowest BCUT2D eigenvalue weighted by Crippen LogP contribution is -2.15. The van der Waals surface area contributed by atoms with E-state index in [1.807, 2.05) is 6.07 Å². The first-order valence-electron chi connectivity index (χ1n) is 7.10. The van der Waals surface area contributed by atoms with Crippen LogP contribution in [0, 0.1) is 11.3 Å².